The molecule has 1 aliphatic rings. The van der Waals surface area contributed by atoms with Crippen molar-refractivity contribution in [1.29, 1.82) is 0 Å². The molecule has 1 fully saturated rings. The lowest BCUT2D eigenvalue weighted by Gasteiger charge is -2.09. The summed E-state index contributed by atoms with van der Waals surface area (Å²) in [5, 5.41) is 0. The first-order chi connectivity index (χ1) is 13.0. The maximum atomic E-state index is 12.3. The molecular formula is C20H17NO4S2. The van der Waals surface area contributed by atoms with Crippen LogP contribution in [0.25, 0.3) is 6.08 Å². The summed E-state index contributed by atoms with van der Waals surface area (Å²) in [6, 6.07) is 13.7. The van der Waals surface area contributed by atoms with E-state index in [0.29, 0.717) is 32.8 Å². The molecule has 0 spiro atoms. The molecule has 3 rings (SSSR count). The number of amides is 1. The Morgan fingerprint density at radius 3 is 2.56 bits per heavy atom. The monoisotopic (exact) mass is 399 g/mol. The Morgan fingerprint density at radius 2 is 1.93 bits per heavy atom. The molecule has 1 amide bonds. The summed E-state index contributed by atoms with van der Waals surface area (Å²) in [6.07, 6.45) is 1.75. The number of nitrogens with zero attached hydrogens (tertiary/aromatic N) is 1. The van der Waals surface area contributed by atoms with Crippen LogP contribution in [0.2, 0.25) is 0 Å². The van der Waals surface area contributed by atoms with Crippen molar-refractivity contribution in [3.8, 4) is 11.5 Å². The van der Waals surface area contributed by atoms with Gasteiger partial charge in [0.25, 0.3) is 5.91 Å². The van der Waals surface area contributed by atoms with E-state index in [9.17, 15) is 9.59 Å². The van der Waals surface area contributed by atoms with Gasteiger partial charge in [0, 0.05) is 6.54 Å². The van der Waals surface area contributed by atoms with Crippen molar-refractivity contribution in [1.82, 2.24) is 4.90 Å². The minimum atomic E-state index is -0.466. The molecule has 0 unspecified atom stereocenters. The third-order valence-corrected chi connectivity index (χ3v) is 5.26. The lowest BCUT2D eigenvalue weighted by Crippen LogP contribution is -2.27. The van der Waals surface area contributed by atoms with Crippen molar-refractivity contribution >= 4 is 46.3 Å². The zero-order chi connectivity index (χ0) is 19.4. The Balaban J connectivity index is 1.75. The molecule has 1 aliphatic heterocycles. The van der Waals surface area contributed by atoms with Crippen molar-refractivity contribution < 1.29 is 19.1 Å². The molecule has 2 aromatic rings. The SMILES string of the molecule is CCN1C(=O)C(=Cc2cccc(OC(=O)c3ccc(OC)cc3)c2)SC1=S. The van der Waals surface area contributed by atoms with Crippen LogP contribution < -0.4 is 9.47 Å². The van der Waals surface area contributed by atoms with Crippen molar-refractivity contribution in [2.75, 3.05) is 13.7 Å². The van der Waals surface area contributed by atoms with E-state index in [4.69, 9.17) is 21.7 Å². The number of ether oxygens (including phenoxy) is 2. The molecule has 7 heteroatoms. The highest BCUT2D eigenvalue weighted by Gasteiger charge is 2.30. The van der Waals surface area contributed by atoms with E-state index in [2.05, 4.69) is 0 Å². The second-order valence-corrected chi connectivity index (χ2v) is 7.29. The van der Waals surface area contributed by atoms with Crippen LogP contribution in [0.3, 0.4) is 0 Å². The molecule has 0 bridgehead atoms. The highest BCUT2D eigenvalue weighted by Crippen LogP contribution is 2.32. The summed E-state index contributed by atoms with van der Waals surface area (Å²) in [5.41, 5.74) is 1.18. The Labute approximate surface area is 167 Å². The topological polar surface area (TPSA) is 55.8 Å². The quantitative estimate of drug-likeness (QED) is 0.326. The fourth-order valence-corrected chi connectivity index (χ4v) is 3.87. The molecule has 1 heterocycles. The summed E-state index contributed by atoms with van der Waals surface area (Å²) < 4.78 is 11.1. The Morgan fingerprint density at radius 1 is 1.19 bits per heavy atom. The number of methoxy groups -OCH3 is 1. The van der Waals surface area contributed by atoms with Gasteiger partial charge >= 0.3 is 5.97 Å². The zero-order valence-corrected chi connectivity index (χ0v) is 16.4. The summed E-state index contributed by atoms with van der Waals surface area (Å²) in [4.78, 5) is 26.7. The standard InChI is InChI=1S/C20H17NO4S2/c1-3-21-18(22)17(27-20(21)26)12-13-5-4-6-16(11-13)25-19(23)14-7-9-15(24-2)10-8-14/h4-12H,3H2,1-2H3. The lowest BCUT2D eigenvalue weighted by molar-refractivity contribution is -0.121. The van der Waals surface area contributed by atoms with E-state index in [1.807, 2.05) is 13.0 Å². The number of hydrogen-bond acceptors (Lipinski definition) is 6. The molecule has 0 aromatic heterocycles. The molecule has 5 nitrogen and oxygen atoms in total. The number of thioether (sulfide) groups is 1. The predicted octanol–water partition coefficient (Wildman–Crippen LogP) is 4.14. The third kappa shape index (κ3) is 4.37. The average Bonchev–Trinajstić information content (AvgIpc) is 2.94. The molecule has 1 saturated heterocycles. The van der Waals surface area contributed by atoms with E-state index < -0.39 is 5.97 Å². The largest absolute Gasteiger partial charge is 0.497 e. The first-order valence-electron chi connectivity index (χ1n) is 8.23. The molecule has 2 aromatic carbocycles. The van der Waals surface area contributed by atoms with Gasteiger partial charge in [0.1, 0.15) is 15.8 Å². The van der Waals surface area contributed by atoms with Gasteiger partial charge in [-0.05, 0) is 55.0 Å². The van der Waals surface area contributed by atoms with Crippen LogP contribution in [0.15, 0.2) is 53.4 Å². The van der Waals surface area contributed by atoms with E-state index >= 15 is 0 Å². The second-order valence-electron chi connectivity index (χ2n) is 5.62. The number of rotatable bonds is 5. The van der Waals surface area contributed by atoms with Crippen LogP contribution in [0, 0.1) is 0 Å². The summed E-state index contributed by atoms with van der Waals surface area (Å²) >= 11 is 6.48. The average molecular weight is 399 g/mol. The van der Waals surface area contributed by atoms with Crippen molar-refractivity contribution in [3.63, 3.8) is 0 Å². The maximum absolute atomic E-state index is 12.3. The maximum Gasteiger partial charge on any atom is 0.343 e. The summed E-state index contributed by atoms with van der Waals surface area (Å²) in [7, 11) is 1.56. The van der Waals surface area contributed by atoms with Gasteiger partial charge in [0.15, 0.2) is 0 Å². The van der Waals surface area contributed by atoms with Gasteiger partial charge < -0.3 is 9.47 Å². The van der Waals surface area contributed by atoms with Crippen LogP contribution in [0.1, 0.15) is 22.8 Å². The molecule has 0 atom stereocenters. The van der Waals surface area contributed by atoms with Gasteiger partial charge in [-0.25, -0.2) is 4.79 Å². The first-order valence-corrected chi connectivity index (χ1v) is 9.46. The number of likely N-dealkylation sites (N-methyl/N-ethyl adjacent to an activating group) is 1. The third-order valence-electron chi connectivity index (χ3n) is 3.88. The predicted molar refractivity (Wildman–Crippen MR) is 110 cm³/mol. The van der Waals surface area contributed by atoms with Gasteiger partial charge in [-0.2, -0.15) is 0 Å². The van der Waals surface area contributed by atoms with E-state index in [0.717, 1.165) is 5.56 Å². The molecule has 0 saturated carbocycles. The highest BCUT2D eigenvalue weighted by molar-refractivity contribution is 8.26. The van der Waals surface area contributed by atoms with Crippen LogP contribution in [0.5, 0.6) is 11.5 Å². The fourth-order valence-electron chi connectivity index (χ4n) is 2.48. The number of hydrogen-bond donors (Lipinski definition) is 0. The normalized spacial score (nSPS) is 15.3. The zero-order valence-electron chi connectivity index (χ0n) is 14.8. The fraction of sp³-hybridized carbons (Fsp3) is 0.150. The van der Waals surface area contributed by atoms with Crippen LogP contribution in [0.4, 0.5) is 0 Å². The van der Waals surface area contributed by atoms with E-state index in [-0.39, 0.29) is 5.91 Å². The van der Waals surface area contributed by atoms with Crippen LogP contribution in [-0.2, 0) is 4.79 Å². The Bertz CT molecular complexity index is 922. The van der Waals surface area contributed by atoms with Gasteiger partial charge in [-0.3, -0.25) is 9.69 Å². The van der Waals surface area contributed by atoms with Crippen LogP contribution >= 0.6 is 24.0 Å². The van der Waals surface area contributed by atoms with Gasteiger partial charge in [-0.15, -0.1) is 0 Å². The Hall–Kier alpha value is -2.64. The van der Waals surface area contributed by atoms with Gasteiger partial charge in [-0.1, -0.05) is 36.1 Å². The minimum Gasteiger partial charge on any atom is -0.497 e. The smallest absolute Gasteiger partial charge is 0.343 e. The molecule has 0 aliphatic carbocycles. The number of benzene rings is 2. The molecule has 0 N–H and O–H groups in total. The molecule has 138 valence electrons. The number of thiocarbonyl (C=S) groups is 1. The summed E-state index contributed by atoms with van der Waals surface area (Å²) in [6.45, 7) is 2.43. The lowest BCUT2D eigenvalue weighted by atomic mass is 10.2. The molecule has 27 heavy (non-hydrogen) atoms. The number of esters is 1. The van der Waals surface area contributed by atoms with Gasteiger partial charge in [0.05, 0.1) is 17.6 Å². The number of carbonyl (C=O) groups excluding carboxylic acids is 2. The first kappa shape index (κ1) is 19.1. The van der Waals surface area contributed by atoms with Gasteiger partial charge in [0.2, 0.25) is 0 Å². The van der Waals surface area contributed by atoms with Crippen LogP contribution in [-0.4, -0.2) is 34.8 Å². The summed E-state index contributed by atoms with van der Waals surface area (Å²) in [5.74, 6) is 0.494. The molecule has 0 radical (unpaired) electrons. The Kier molecular flexibility index (Phi) is 5.93. The minimum absolute atomic E-state index is 0.104. The van der Waals surface area contributed by atoms with Crippen molar-refractivity contribution in [3.05, 3.63) is 64.6 Å². The highest BCUT2D eigenvalue weighted by atomic mass is 32.2. The number of carbonyl (C=O) groups is 2. The van der Waals surface area contributed by atoms with E-state index in [1.165, 1.54) is 11.8 Å². The van der Waals surface area contributed by atoms with Crippen molar-refractivity contribution in [2.24, 2.45) is 0 Å². The molecular weight excluding hydrogens is 382 g/mol. The van der Waals surface area contributed by atoms with E-state index in [1.54, 1.807) is 60.6 Å². The second kappa shape index (κ2) is 8.37. The van der Waals surface area contributed by atoms with Crippen molar-refractivity contribution in [2.45, 2.75) is 6.92 Å².